The zero-order chi connectivity index (χ0) is 19.7. The highest BCUT2D eigenvalue weighted by Gasteiger charge is 2.26. The van der Waals surface area contributed by atoms with E-state index in [1.165, 1.54) is 0 Å². The largest absolute Gasteiger partial charge is 0.478 e. The predicted molar refractivity (Wildman–Crippen MR) is 107 cm³/mol. The molecule has 3 aromatic rings. The lowest BCUT2D eigenvalue weighted by Gasteiger charge is -2.31. The Morgan fingerprint density at radius 3 is 2.57 bits per heavy atom. The van der Waals surface area contributed by atoms with Gasteiger partial charge in [-0.1, -0.05) is 36.4 Å². The number of rotatable bonds is 4. The SMILES string of the molecule is Cc1cccc2cc(C(=O)N3CCC(Cc4ccccc4C(=O)O)CC3)oc12. The number of furan rings is 1. The molecule has 1 fully saturated rings. The molecule has 1 aromatic heterocycles. The van der Waals surface area contributed by atoms with Gasteiger partial charge in [-0.15, -0.1) is 0 Å². The topological polar surface area (TPSA) is 70.8 Å². The third-order valence-electron chi connectivity index (χ3n) is 5.61. The third-order valence-corrected chi connectivity index (χ3v) is 5.61. The summed E-state index contributed by atoms with van der Waals surface area (Å²) in [7, 11) is 0. The van der Waals surface area contributed by atoms with E-state index in [1.54, 1.807) is 12.1 Å². The second-order valence-electron chi connectivity index (χ2n) is 7.51. The van der Waals surface area contributed by atoms with Crippen molar-refractivity contribution in [1.29, 1.82) is 0 Å². The summed E-state index contributed by atoms with van der Waals surface area (Å²) in [5.74, 6) is -0.190. The van der Waals surface area contributed by atoms with Crippen molar-refractivity contribution in [3.63, 3.8) is 0 Å². The fourth-order valence-electron chi connectivity index (χ4n) is 4.03. The van der Waals surface area contributed by atoms with E-state index in [0.29, 0.717) is 30.3 Å². The van der Waals surface area contributed by atoms with E-state index in [0.717, 1.165) is 41.4 Å². The summed E-state index contributed by atoms with van der Waals surface area (Å²) in [6.45, 7) is 3.30. The number of benzene rings is 2. The van der Waals surface area contributed by atoms with Gasteiger partial charge in [0.25, 0.3) is 5.91 Å². The first-order chi connectivity index (χ1) is 13.5. The highest BCUT2D eigenvalue weighted by molar-refractivity contribution is 5.96. The number of piperidine rings is 1. The number of carbonyl (C=O) groups is 2. The van der Waals surface area contributed by atoms with Crippen molar-refractivity contribution < 1.29 is 19.1 Å². The first-order valence-corrected chi connectivity index (χ1v) is 9.62. The van der Waals surface area contributed by atoms with Crippen LogP contribution in [0.25, 0.3) is 11.0 Å². The molecule has 0 aliphatic carbocycles. The van der Waals surface area contributed by atoms with Crippen LogP contribution in [-0.4, -0.2) is 35.0 Å². The molecule has 1 N–H and O–H groups in total. The second kappa shape index (κ2) is 7.50. The molecule has 0 saturated carbocycles. The maximum Gasteiger partial charge on any atom is 0.335 e. The number of hydrogen-bond acceptors (Lipinski definition) is 3. The van der Waals surface area contributed by atoms with Crippen LogP contribution >= 0.6 is 0 Å². The van der Waals surface area contributed by atoms with Crippen LogP contribution in [0.3, 0.4) is 0 Å². The summed E-state index contributed by atoms with van der Waals surface area (Å²) in [5.41, 5.74) is 3.03. The van der Waals surface area contributed by atoms with Gasteiger partial charge in [0, 0.05) is 18.5 Å². The zero-order valence-electron chi connectivity index (χ0n) is 15.9. The van der Waals surface area contributed by atoms with Gasteiger partial charge in [0.05, 0.1) is 5.56 Å². The van der Waals surface area contributed by atoms with Crippen molar-refractivity contribution in [3.05, 3.63) is 71.0 Å². The summed E-state index contributed by atoms with van der Waals surface area (Å²) in [6.07, 6.45) is 2.45. The standard InChI is InChI=1S/C23H23NO4/c1-15-5-4-7-18-14-20(28-21(15)18)22(25)24-11-9-16(10-12-24)13-17-6-2-3-8-19(17)23(26)27/h2-8,14,16H,9-13H2,1H3,(H,26,27). The van der Waals surface area contributed by atoms with Crippen molar-refractivity contribution in [2.24, 2.45) is 5.92 Å². The molecule has 0 bridgehead atoms. The van der Waals surface area contributed by atoms with Crippen LogP contribution in [0.1, 0.15) is 44.9 Å². The van der Waals surface area contributed by atoms with Crippen LogP contribution in [0.15, 0.2) is 52.9 Å². The highest BCUT2D eigenvalue weighted by atomic mass is 16.4. The monoisotopic (exact) mass is 377 g/mol. The number of aromatic carboxylic acids is 1. The molecule has 1 saturated heterocycles. The van der Waals surface area contributed by atoms with E-state index in [9.17, 15) is 14.7 Å². The Balaban J connectivity index is 1.42. The number of carboxylic acids is 1. The maximum atomic E-state index is 12.8. The predicted octanol–water partition coefficient (Wildman–Crippen LogP) is 4.53. The molecule has 1 amide bonds. The Bertz CT molecular complexity index is 1030. The minimum Gasteiger partial charge on any atom is -0.478 e. The molecule has 0 radical (unpaired) electrons. The molecule has 28 heavy (non-hydrogen) atoms. The number of aryl methyl sites for hydroxylation is 1. The number of likely N-dealkylation sites (tertiary alicyclic amines) is 1. The first-order valence-electron chi connectivity index (χ1n) is 9.62. The maximum absolute atomic E-state index is 12.8. The molecule has 1 aliphatic heterocycles. The molecule has 0 spiro atoms. The van der Waals surface area contributed by atoms with E-state index in [2.05, 4.69) is 0 Å². The third kappa shape index (κ3) is 3.52. The molecule has 1 aliphatic rings. The molecule has 5 nitrogen and oxygen atoms in total. The number of fused-ring (bicyclic) bond motifs is 1. The van der Waals surface area contributed by atoms with Gasteiger partial charge in [0.1, 0.15) is 5.58 Å². The zero-order valence-corrected chi connectivity index (χ0v) is 15.9. The molecular formula is C23H23NO4. The van der Waals surface area contributed by atoms with Crippen LogP contribution in [0, 0.1) is 12.8 Å². The number of amides is 1. The summed E-state index contributed by atoms with van der Waals surface area (Å²) >= 11 is 0. The van der Waals surface area contributed by atoms with Crippen LogP contribution < -0.4 is 0 Å². The smallest absolute Gasteiger partial charge is 0.335 e. The van der Waals surface area contributed by atoms with Crippen molar-refractivity contribution in [2.75, 3.05) is 13.1 Å². The summed E-state index contributed by atoms with van der Waals surface area (Å²) in [6, 6.07) is 14.9. The quantitative estimate of drug-likeness (QED) is 0.725. The highest BCUT2D eigenvalue weighted by Crippen LogP contribution is 2.27. The van der Waals surface area contributed by atoms with Crippen molar-refractivity contribution >= 4 is 22.8 Å². The van der Waals surface area contributed by atoms with Crippen LogP contribution in [0.4, 0.5) is 0 Å². The van der Waals surface area contributed by atoms with Gasteiger partial charge in [0.15, 0.2) is 5.76 Å². The number of carboxylic acid groups (broad SMARTS) is 1. The summed E-state index contributed by atoms with van der Waals surface area (Å²) in [5, 5.41) is 10.3. The van der Waals surface area contributed by atoms with Gasteiger partial charge in [0.2, 0.25) is 0 Å². The van der Waals surface area contributed by atoms with E-state index < -0.39 is 5.97 Å². The van der Waals surface area contributed by atoms with Gasteiger partial charge in [-0.3, -0.25) is 4.79 Å². The Morgan fingerprint density at radius 2 is 1.86 bits per heavy atom. The lowest BCUT2D eigenvalue weighted by Crippen LogP contribution is -2.38. The summed E-state index contributed by atoms with van der Waals surface area (Å²) < 4.78 is 5.82. The van der Waals surface area contributed by atoms with Crippen molar-refractivity contribution in [2.45, 2.75) is 26.2 Å². The van der Waals surface area contributed by atoms with Gasteiger partial charge in [-0.25, -0.2) is 4.79 Å². The fraction of sp³-hybridized carbons (Fsp3) is 0.304. The van der Waals surface area contributed by atoms with E-state index >= 15 is 0 Å². The van der Waals surface area contributed by atoms with Crippen LogP contribution in [-0.2, 0) is 6.42 Å². The van der Waals surface area contributed by atoms with Gasteiger partial charge >= 0.3 is 5.97 Å². The molecule has 2 heterocycles. The van der Waals surface area contributed by atoms with Gasteiger partial charge in [-0.05, 0) is 55.4 Å². The molecule has 5 heteroatoms. The lowest BCUT2D eigenvalue weighted by atomic mass is 9.88. The number of carbonyl (C=O) groups excluding carboxylic acids is 1. The van der Waals surface area contributed by atoms with E-state index in [4.69, 9.17) is 4.42 Å². The average Bonchev–Trinajstić information content (AvgIpc) is 3.14. The van der Waals surface area contributed by atoms with E-state index in [-0.39, 0.29) is 5.91 Å². The Kier molecular flexibility index (Phi) is 4.90. The first kappa shape index (κ1) is 18.3. The summed E-state index contributed by atoms with van der Waals surface area (Å²) in [4.78, 5) is 26.1. The minimum atomic E-state index is -0.886. The molecule has 0 unspecified atom stereocenters. The Hall–Kier alpha value is -3.08. The Labute approximate surface area is 163 Å². The second-order valence-corrected chi connectivity index (χ2v) is 7.51. The Morgan fingerprint density at radius 1 is 1.11 bits per heavy atom. The molecule has 0 atom stereocenters. The van der Waals surface area contributed by atoms with Crippen LogP contribution in [0.2, 0.25) is 0 Å². The van der Waals surface area contributed by atoms with Crippen molar-refractivity contribution in [3.8, 4) is 0 Å². The molecular weight excluding hydrogens is 354 g/mol. The molecule has 2 aromatic carbocycles. The van der Waals surface area contributed by atoms with Gasteiger partial charge < -0.3 is 14.4 Å². The number of para-hydroxylation sites is 1. The minimum absolute atomic E-state index is 0.0695. The number of hydrogen-bond donors (Lipinski definition) is 1. The lowest BCUT2D eigenvalue weighted by molar-refractivity contribution is 0.0661. The molecule has 4 rings (SSSR count). The average molecular weight is 377 g/mol. The fourth-order valence-corrected chi connectivity index (χ4v) is 4.03. The number of nitrogens with zero attached hydrogens (tertiary/aromatic N) is 1. The normalized spacial score (nSPS) is 15.1. The molecule has 144 valence electrons. The van der Waals surface area contributed by atoms with Crippen molar-refractivity contribution in [1.82, 2.24) is 4.90 Å². The van der Waals surface area contributed by atoms with Gasteiger partial charge in [-0.2, -0.15) is 0 Å². The van der Waals surface area contributed by atoms with Crippen LogP contribution in [0.5, 0.6) is 0 Å². The van der Waals surface area contributed by atoms with E-state index in [1.807, 2.05) is 48.2 Å².